The largest absolute Gasteiger partial charge is 0.343 e. The topological polar surface area (TPSA) is 67.2 Å². The first kappa shape index (κ1) is 20.6. The monoisotopic (exact) mass is 424 g/mol. The van der Waals surface area contributed by atoms with Crippen molar-refractivity contribution in [2.24, 2.45) is 0 Å². The van der Waals surface area contributed by atoms with Crippen LogP contribution in [0.25, 0.3) is 11.0 Å². The van der Waals surface area contributed by atoms with E-state index in [4.69, 9.17) is 4.98 Å². The van der Waals surface area contributed by atoms with Gasteiger partial charge >= 0.3 is 0 Å². The maximum atomic E-state index is 12.8. The molecule has 2 amide bonds. The Hall–Kier alpha value is -2.67. The van der Waals surface area contributed by atoms with E-state index < -0.39 is 0 Å². The number of hydrogen-bond donors (Lipinski definition) is 1. The van der Waals surface area contributed by atoms with Gasteiger partial charge in [-0.3, -0.25) is 9.59 Å². The lowest BCUT2D eigenvalue weighted by molar-refractivity contribution is -0.131. The van der Waals surface area contributed by atoms with E-state index in [-0.39, 0.29) is 17.9 Å². The van der Waals surface area contributed by atoms with Crippen LogP contribution in [0.4, 0.5) is 0 Å². The van der Waals surface area contributed by atoms with Crippen LogP contribution in [0, 0.1) is 0 Å². The summed E-state index contributed by atoms with van der Waals surface area (Å²) >= 11 is 1.42. The van der Waals surface area contributed by atoms with Crippen LogP contribution in [0.5, 0.6) is 0 Å². The predicted octanol–water partition coefficient (Wildman–Crippen LogP) is 4.38. The smallest absolute Gasteiger partial charge is 0.261 e. The first-order chi connectivity index (χ1) is 14.6. The zero-order valence-corrected chi connectivity index (χ0v) is 18.2. The number of para-hydroxylation sites is 2. The number of fused-ring (bicyclic) bond motifs is 1. The zero-order valence-electron chi connectivity index (χ0n) is 17.3. The van der Waals surface area contributed by atoms with E-state index in [0.29, 0.717) is 17.8 Å². The van der Waals surface area contributed by atoms with E-state index in [1.54, 1.807) is 0 Å². The molecule has 6 nitrogen and oxygen atoms in total. The second-order valence-corrected chi connectivity index (χ2v) is 8.78. The van der Waals surface area contributed by atoms with Gasteiger partial charge in [0.1, 0.15) is 5.82 Å². The highest BCUT2D eigenvalue weighted by Gasteiger charge is 2.21. The van der Waals surface area contributed by atoms with Crippen molar-refractivity contribution in [3.63, 3.8) is 0 Å². The molecule has 2 aromatic heterocycles. The molecule has 0 radical (unpaired) electrons. The summed E-state index contributed by atoms with van der Waals surface area (Å²) in [6, 6.07) is 11.4. The summed E-state index contributed by atoms with van der Waals surface area (Å²) in [7, 11) is 0. The lowest BCUT2D eigenvalue weighted by Gasteiger charge is -2.21. The number of hydrogen-bond acceptors (Lipinski definition) is 4. The minimum absolute atomic E-state index is 0.100. The molecule has 1 unspecified atom stereocenters. The third-order valence-corrected chi connectivity index (χ3v) is 6.54. The fourth-order valence-electron chi connectivity index (χ4n) is 4.09. The Morgan fingerprint density at radius 3 is 2.60 bits per heavy atom. The van der Waals surface area contributed by atoms with Crippen LogP contribution in [0.1, 0.15) is 60.6 Å². The summed E-state index contributed by atoms with van der Waals surface area (Å²) in [4.78, 5) is 32.8. The van der Waals surface area contributed by atoms with Crippen molar-refractivity contribution in [2.75, 3.05) is 13.1 Å². The number of aromatic nitrogens is 2. The van der Waals surface area contributed by atoms with E-state index in [0.717, 1.165) is 42.8 Å². The quantitative estimate of drug-likeness (QED) is 0.638. The highest BCUT2D eigenvalue weighted by atomic mass is 32.1. The third kappa shape index (κ3) is 4.56. The number of aryl methyl sites for hydroxylation is 1. The van der Waals surface area contributed by atoms with Crippen molar-refractivity contribution in [2.45, 2.75) is 51.6 Å². The lowest BCUT2D eigenvalue weighted by atomic mass is 10.2. The van der Waals surface area contributed by atoms with E-state index in [9.17, 15) is 9.59 Å². The first-order valence-corrected chi connectivity index (χ1v) is 11.6. The second-order valence-electron chi connectivity index (χ2n) is 7.83. The van der Waals surface area contributed by atoms with Gasteiger partial charge in [-0.2, -0.15) is 0 Å². The molecule has 0 aliphatic carbocycles. The van der Waals surface area contributed by atoms with Crippen molar-refractivity contribution >= 4 is 34.2 Å². The van der Waals surface area contributed by atoms with Gasteiger partial charge in [-0.15, -0.1) is 11.3 Å². The van der Waals surface area contributed by atoms with Gasteiger partial charge in [0, 0.05) is 26.1 Å². The molecule has 1 saturated heterocycles. The molecule has 0 spiro atoms. The standard InChI is InChI=1S/C23H28N4O2S/c1-17(24-23(29)20-11-8-16-30-20)22-25-18-9-4-5-10-19(18)27(22)15-12-21(28)26-13-6-2-3-7-14-26/h4-5,8-11,16-17H,2-3,6-7,12-15H2,1H3,(H,24,29). The number of carbonyl (C=O) groups excluding carboxylic acids is 2. The number of rotatable bonds is 6. The van der Waals surface area contributed by atoms with Crippen molar-refractivity contribution in [3.8, 4) is 0 Å². The van der Waals surface area contributed by atoms with Gasteiger partial charge in [-0.1, -0.05) is 31.0 Å². The van der Waals surface area contributed by atoms with Crippen molar-refractivity contribution in [1.82, 2.24) is 19.8 Å². The average Bonchev–Trinajstić information content (AvgIpc) is 3.33. The molecule has 0 saturated carbocycles. The van der Waals surface area contributed by atoms with Gasteiger partial charge in [0.2, 0.25) is 5.91 Å². The molecule has 3 heterocycles. The van der Waals surface area contributed by atoms with Crippen molar-refractivity contribution in [3.05, 3.63) is 52.5 Å². The molecule has 158 valence electrons. The lowest BCUT2D eigenvalue weighted by Crippen LogP contribution is -2.33. The molecule has 1 aliphatic heterocycles. The fourth-order valence-corrected chi connectivity index (χ4v) is 4.71. The van der Waals surface area contributed by atoms with Crippen LogP contribution in [-0.4, -0.2) is 39.4 Å². The minimum atomic E-state index is -0.264. The summed E-state index contributed by atoms with van der Waals surface area (Å²) in [6.45, 7) is 4.23. The van der Waals surface area contributed by atoms with Gasteiger partial charge < -0.3 is 14.8 Å². The van der Waals surface area contributed by atoms with Crippen LogP contribution in [0.2, 0.25) is 0 Å². The normalized spacial score (nSPS) is 15.7. The van der Waals surface area contributed by atoms with Gasteiger partial charge in [-0.25, -0.2) is 4.98 Å². The van der Waals surface area contributed by atoms with E-state index in [1.165, 1.54) is 24.2 Å². The molecule has 1 aromatic carbocycles. The third-order valence-electron chi connectivity index (χ3n) is 5.67. The number of nitrogens with one attached hydrogen (secondary N) is 1. The highest BCUT2D eigenvalue weighted by molar-refractivity contribution is 7.12. The maximum Gasteiger partial charge on any atom is 0.261 e. The number of carbonyl (C=O) groups is 2. The SMILES string of the molecule is CC(NC(=O)c1cccs1)c1nc2ccccc2n1CCC(=O)N1CCCCCC1. The first-order valence-electron chi connectivity index (χ1n) is 10.7. The van der Waals surface area contributed by atoms with Crippen LogP contribution < -0.4 is 5.32 Å². The Kier molecular flexibility index (Phi) is 6.47. The Bertz CT molecular complexity index is 1000. The summed E-state index contributed by atoms with van der Waals surface area (Å²) in [5.74, 6) is 0.887. The summed E-state index contributed by atoms with van der Waals surface area (Å²) < 4.78 is 2.09. The van der Waals surface area contributed by atoms with Gasteiger partial charge in [0.05, 0.1) is 22.0 Å². The summed E-state index contributed by atoms with van der Waals surface area (Å²) in [5.41, 5.74) is 1.88. The summed E-state index contributed by atoms with van der Waals surface area (Å²) in [5, 5.41) is 4.94. The molecular formula is C23H28N4O2S. The van der Waals surface area contributed by atoms with E-state index in [1.807, 2.05) is 53.6 Å². The fraction of sp³-hybridized carbons (Fsp3) is 0.435. The molecule has 1 fully saturated rings. The maximum absolute atomic E-state index is 12.8. The molecule has 1 N–H and O–H groups in total. The van der Waals surface area contributed by atoms with Gasteiger partial charge in [0.25, 0.3) is 5.91 Å². The number of likely N-dealkylation sites (tertiary alicyclic amines) is 1. The van der Waals surface area contributed by atoms with E-state index >= 15 is 0 Å². The number of benzene rings is 1. The molecule has 0 bridgehead atoms. The summed E-state index contributed by atoms with van der Waals surface area (Å²) in [6.07, 6.45) is 5.05. The number of amides is 2. The van der Waals surface area contributed by atoms with Crippen LogP contribution in [0.15, 0.2) is 41.8 Å². The Labute approximate surface area is 180 Å². The number of thiophene rings is 1. The molecular weight excluding hydrogens is 396 g/mol. The highest BCUT2D eigenvalue weighted by Crippen LogP contribution is 2.22. The van der Waals surface area contributed by atoms with Gasteiger partial charge in [0.15, 0.2) is 0 Å². The number of imidazole rings is 1. The molecule has 3 aromatic rings. The van der Waals surface area contributed by atoms with Crippen LogP contribution in [0.3, 0.4) is 0 Å². The second kappa shape index (κ2) is 9.43. The number of nitrogens with zero attached hydrogens (tertiary/aromatic N) is 3. The Morgan fingerprint density at radius 2 is 1.87 bits per heavy atom. The minimum Gasteiger partial charge on any atom is -0.343 e. The van der Waals surface area contributed by atoms with E-state index in [2.05, 4.69) is 9.88 Å². The van der Waals surface area contributed by atoms with Crippen molar-refractivity contribution in [1.29, 1.82) is 0 Å². The van der Waals surface area contributed by atoms with Crippen molar-refractivity contribution < 1.29 is 9.59 Å². The van der Waals surface area contributed by atoms with Gasteiger partial charge in [-0.05, 0) is 43.3 Å². The average molecular weight is 425 g/mol. The predicted molar refractivity (Wildman–Crippen MR) is 120 cm³/mol. The van der Waals surface area contributed by atoms with Crippen LogP contribution >= 0.6 is 11.3 Å². The molecule has 7 heteroatoms. The Morgan fingerprint density at radius 1 is 1.10 bits per heavy atom. The zero-order chi connectivity index (χ0) is 20.9. The molecule has 4 rings (SSSR count). The molecule has 1 atom stereocenters. The molecule has 30 heavy (non-hydrogen) atoms. The molecule has 1 aliphatic rings. The van der Waals surface area contributed by atoms with Crippen LogP contribution in [-0.2, 0) is 11.3 Å². The Balaban J connectivity index is 1.52.